The van der Waals surface area contributed by atoms with Crippen LogP contribution >= 0.6 is 27.5 Å². The average molecular weight is 366 g/mol. The molecule has 0 bridgehead atoms. The van der Waals surface area contributed by atoms with Gasteiger partial charge in [-0.25, -0.2) is 0 Å². The van der Waals surface area contributed by atoms with Crippen LogP contribution in [0.2, 0.25) is 5.02 Å². The third kappa shape index (κ3) is 3.01. The Morgan fingerprint density at radius 3 is 2.90 bits per heavy atom. The van der Waals surface area contributed by atoms with E-state index in [1.165, 1.54) is 10.9 Å². The molecule has 0 radical (unpaired) electrons. The number of benzene rings is 2. The van der Waals surface area contributed by atoms with Crippen LogP contribution < -0.4 is 10.1 Å². The lowest BCUT2D eigenvalue weighted by Crippen LogP contribution is -2.02. The summed E-state index contributed by atoms with van der Waals surface area (Å²) < 4.78 is 6.24. The maximum absolute atomic E-state index is 6.09. The zero-order valence-corrected chi connectivity index (χ0v) is 13.8. The van der Waals surface area contributed by atoms with Crippen molar-refractivity contribution in [3.8, 4) is 5.75 Å². The van der Waals surface area contributed by atoms with Crippen molar-refractivity contribution in [3.05, 3.63) is 57.7 Å². The molecule has 2 N–H and O–H groups in total. The van der Waals surface area contributed by atoms with E-state index in [1.54, 1.807) is 7.11 Å². The van der Waals surface area contributed by atoms with Crippen LogP contribution in [0.3, 0.4) is 0 Å². The molecule has 0 aliphatic rings. The first-order valence-corrected chi connectivity index (χ1v) is 7.67. The molecule has 3 nitrogen and oxygen atoms in total. The van der Waals surface area contributed by atoms with Gasteiger partial charge in [-0.05, 0) is 57.2 Å². The number of ether oxygens (including phenoxy) is 1. The maximum Gasteiger partial charge on any atom is 0.156 e. The third-order valence-corrected chi connectivity index (χ3v) is 4.12. The first-order valence-electron chi connectivity index (χ1n) is 6.50. The Morgan fingerprint density at radius 2 is 2.10 bits per heavy atom. The summed E-state index contributed by atoms with van der Waals surface area (Å²) in [6.45, 7) is 0.699. The summed E-state index contributed by atoms with van der Waals surface area (Å²) in [6.07, 6.45) is 1.94. The van der Waals surface area contributed by atoms with Gasteiger partial charge in [-0.3, -0.25) is 0 Å². The summed E-state index contributed by atoms with van der Waals surface area (Å²) in [5.41, 5.74) is 3.20. The smallest absolute Gasteiger partial charge is 0.156 e. The van der Waals surface area contributed by atoms with Crippen molar-refractivity contribution in [1.29, 1.82) is 0 Å². The Morgan fingerprint density at radius 1 is 1.24 bits per heavy atom. The van der Waals surface area contributed by atoms with Crippen molar-refractivity contribution in [1.82, 2.24) is 4.98 Å². The molecule has 0 fully saturated rings. The van der Waals surface area contributed by atoms with E-state index in [0.29, 0.717) is 11.6 Å². The van der Waals surface area contributed by atoms with E-state index >= 15 is 0 Å². The number of hydrogen-bond acceptors (Lipinski definition) is 2. The van der Waals surface area contributed by atoms with Gasteiger partial charge in [0.05, 0.1) is 17.3 Å². The average Bonchev–Trinajstić information content (AvgIpc) is 2.92. The molecule has 0 aliphatic carbocycles. The molecular formula is C16H14BrClN2O. The van der Waals surface area contributed by atoms with Crippen molar-refractivity contribution >= 4 is 44.1 Å². The Balaban J connectivity index is 1.83. The second-order valence-corrected chi connectivity index (χ2v) is 6.01. The standard InChI is InChI=1S/C16H14BrClN2O/c1-21-16-13(17)7-12(18)8-15(16)20-9-10-2-3-14-11(6-10)4-5-19-14/h2-8,19-20H,9H2,1H3. The van der Waals surface area contributed by atoms with E-state index in [-0.39, 0.29) is 0 Å². The number of hydrogen-bond donors (Lipinski definition) is 2. The van der Waals surface area contributed by atoms with Gasteiger partial charge in [0.25, 0.3) is 0 Å². The summed E-state index contributed by atoms with van der Waals surface area (Å²) in [7, 11) is 1.64. The monoisotopic (exact) mass is 364 g/mol. The predicted molar refractivity (Wildman–Crippen MR) is 91.3 cm³/mol. The Hall–Kier alpha value is -1.65. The lowest BCUT2D eigenvalue weighted by molar-refractivity contribution is 0.414. The van der Waals surface area contributed by atoms with E-state index in [1.807, 2.05) is 18.3 Å². The molecule has 5 heteroatoms. The van der Waals surface area contributed by atoms with Crippen molar-refractivity contribution in [2.24, 2.45) is 0 Å². The summed E-state index contributed by atoms with van der Waals surface area (Å²) >= 11 is 9.55. The number of anilines is 1. The molecule has 0 amide bonds. The van der Waals surface area contributed by atoms with E-state index in [4.69, 9.17) is 16.3 Å². The zero-order valence-electron chi connectivity index (χ0n) is 11.4. The Kier molecular flexibility index (Phi) is 4.08. The topological polar surface area (TPSA) is 37.0 Å². The lowest BCUT2D eigenvalue weighted by atomic mass is 10.1. The van der Waals surface area contributed by atoms with Gasteiger partial charge in [0.15, 0.2) is 5.75 Å². The fourth-order valence-electron chi connectivity index (χ4n) is 2.31. The van der Waals surface area contributed by atoms with Crippen LogP contribution in [0.1, 0.15) is 5.56 Å². The van der Waals surface area contributed by atoms with Gasteiger partial charge in [0.1, 0.15) is 0 Å². The SMILES string of the molecule is COc1c(Br)cc(Cl)cc1NCc1ccc2[nH]ccc2c1. The zero-order chi connectivity index (χ0) is 14.8. The van der Waals surface area contributed by atoms with Crippen LogP contribution in [-0.2, 0) is 6.54 Å². The van der Waals surface area contributed by atoms with Crippen LogP contribution in [0.25, 0.3) is 10.9 Å². The molecule has 3 aromatic rings. The molecular weight excluding hydrogens is 352 g/mol. The molecule has 3 rings (SSSR count). The molecule has 0 saturated heterocycles. The fraction of sp³-hybridized carbons (Fsp3) is 0.125. The fourth-order valence-corrected chi connectivity index (χ4v) is 3.28. The number of rotatable bonds is 4. The highest BCUT2D eigenvalue weighted by Gasteiger charge is 2.09. The van der Waals surface area contributed by atoms with Gasteiger partial charge in [-0.2, -0.15) is 0 Å². The van der Waals surface area contributed by atoms with Crippen molar-refractivity contribution < 1.29 is 4.74 Å². The number of halogens is 2. The van der Waals surface area contributed by atoms with Gasteiger partial charge >= 0.3 is 0 Å². The number of fused-ring (bicyclic) bond motifs is 1. The van der Waals surface area contributed by atoms with Crippen molar-refractivity contribution in [3.63, 3.8) is 0 Å². The van der Waals surface area contributed by atoms with Gasteiger partial charge in [-0.15, -0.1) is 0 Å². The third-order valence-electron chi connectivity index (χ3n) is 3.31. The number of nitrogens with one attached hydrogen (secondary N) is 2. The maximum atomic E-state index is 6.09. The Labute approximate surface area is 136 Å². The summed E-state index contributed by atoms with van der Waals surface area (Å²) in [5.74, 6) is 0.752. The van der Waals surface area contributed by atoms with Crippen LogP contribution in [0.15, 0.2) is 47.1 Å². The summed E-state index contributed by atoms with van der Waals surface area (Å²) in [5, 5.41) is 5.23. The molecule has 1 aromatic heterocycles. The first-order chi connectivity index (χ1) is 10.2. The molecule has 2 aromatic carbocycles. The minimum absolute atomic E-state index is 0.659. The summed E-state index contributed by atoms with van der Waals surface area (Å²) in [6, 6.07) is 12.1. The van der Waals surface area contributed by atoms with Gasteiger partial charge in [0.2, 0.25) is 0 Å². The van der Waals surface area contributed by atoms with E-state index in [0.717, 1.165) is 21.4 Å². The van der Waals surface area contributed by atoms with Gasteiger partial charge in [-0.1, -0.05) is 17.7 Å². The minimum Gasteiger partial charge on any atom is -0.493 e. The Bertz CT molecular complexity index is 785. The minimum atomic E-state index is 0.659. The number of methoxy groups -OCH3 is 1. The van der Waals surface area contributed by atoms with Crippen LogP contribution in [-0.4, -0.2) is 12.1 Å². The van der Waals surface area contributed by atoms with E-state index in [2.05, 4.69) is 50.5 Å². The second kappa shape index (κ2) is 6.00. The predicted octanol–water partition coefficient (Wildman–Crippen LogP) is 5.20. The highest BCUT2D eigenvalue weighted by atomic mass is 79.9. The quantitative estimate of drug-likeness (QED) is 0.666. The molecule has 0 unspecified atom stereocenters. The molecule has 1 heterocycles. The molecule has 108 valence electrons. The number of aromatic nitrogens is 1. The number of aromatic amines is 1. The van der Waals surface area contributed by atoms with Crippen LogP contribution in [0.5, 0.6) is 5.75 Å². The molecule has 0 spiro atoms. The molecule has 0 aliphatic heterocycles. The van der Waals surface area contributed by atoms with E-state index < -0.39 is 0 Å². The highest BCUT2D eigenvalue weighted by molar-refractivity contribution is 9.10. The number of H-pyrrole nitrogens is 1. The largest absolute Gasteiger partial charge is 0.493 e. The van der Waals surface area contributed by atoms with Gasteiger partial charge < -0.3 is 15.0 Å². The lowest BCUT2D eigenvalue weighted by Gasteiger charge is -2.13. The molecule has 21 heavy (non-hydrogen) atoms. The van der Waals surface area contributed by atoms with Crippen LogP contribution in [0, 0.1) is 0 Å². The van der Waals surface area contributed by atoms with Gasteiger partial charge in [0, 0.05) is 23.3 Å². The van der Waals surface area contributed by atoms with E-state index in [9.17, 15) is 0 Å². The highest BCUT2D eigenvalue weighted by Crippen LogP contribution is 2.36. The van der Waals surface area contributed by atoms with Crippen molar-refractivity contribution in [2.75, 3.05) is 12.4 Å². The normalized spacial score (nSPS) is 10.8. The summed E-state index contributed by atoms with van der Waals surface area (Å²) in [4.78, 5) is 3.19. The molecule has 0 saturated carbocycles. The second-order valence-electron chi connectivity index (χ2n) is 4.72. The molecule has 0 atom stereocenters. The van der Waals surface area contributed by atoms with Crippen molar-refractivity contribution in [2.45, 2.75) is 6.54 Å². The van der Waals surface area contributed by atoms with Crippen LogP contribution in [0.4, 0.5) is 5.69 Å². The first kappa shape index (κ1) is 14.3.